The van der Waals surface area contributed by atoms with Gasteiger partial charge in [-0.05, 0) is 73.6 Å². The minimum atomic E-state index is -0.0797. The Bertz CT molecular complexity index is 1080. The predicted octanol–water partition coefficient (Wildman–Crippen LogP) is 4.92. The molecule has 0 unspecified atom stereocenters. The number of nitrogens with one attached hydrogen (secondary N) is 1. The zero-order valence-electron chi connectivity index (χ0n) is 17.8. The zero-order chi connectivity index (χ0) is 21.3. The van der Waals surface area contributed by atoms with Crippen LogP contribution in [0.25, 0.3) is 0 Å². The summed E-state index contributed by atoms with van der Waals surface area (Å²) in [6.07, 6.45) is 2.12. The van der Waals surface area contributed by atoms with Crippen molar-refractivity contribution in [1.29, 1.82) is 0 Å². The Morgan fingerprint density at radius 2 is 1.87 bits per heavy atom. The van der Waals surface area contributed by atoms with E-state index in [-0.39, 0.29) is 6.04 Å². The average molecular weight is 422 g/mol. The van der Waals surface area contributed by atoms with Crippen LogP contribution in [0.15, 0.2) is 54.7 Å². The van der Waals surface area contributed by atoms with Crippen LogP contribution in [0.5, 0.6) is 11.5 Å². The molecule has 0 bridgehead atoms. The molecule has 2 heterocycles. The summed E-state index contributed by atoms with van der Waals surface area (Å²) in [5, 5.41) is 4.19. The Morgan fingerprint density at radius 1 is 1.03 bits per heavy atom. The van der Waals surface area contributed by atoms with Crippen molar-refractivity contribution in [3.8, 4) is 11.5 Å². The lowest BCUT2D eigenvalue weighted by Gasteiger charge is -2.39. The normalized spacial score (nSPS) is 15.5. The van der Waals surface area contributed by atoms with E-state index in [4.69, 9.17) is 21.7 Å². The first-order valence-corrected chi connectivity index (χ1v) is 10.4. The maximum Gasteiger partial charge on any atom is 0.174 e. The van der Waals surface area contributed by atoms with Gasteiger partial charge < -0.3 is 24.3 Å². The van der Waals surface area contributed by atoms with Gasteiger partial charge in [-0.2, -0.15) is 0 Å². The molecular weight excluding hydrogens is 394 g/mol. The molecule has 3 aromatic rings. The van der Waals surface area contributed by atoms with Gasteiger partial charge in [-0.3, -0.25) is 0 Å². The molecule has 0 aliphatic carbocycles. The number of nitrogens with zero attached hydrogens (tertiary/aromatic N) is 2. The van der Waals surface area contributed by atoms with Crippen LogP contribution in [0.3, 0.4) is 0 Å². The summed E-state index contributed by atoms with van der Waals surface area (Å²) in [4.78, 5) is 2.24. The molecule has 4 rings (SSSR count). The number of hydrogen-bond acceptors (Lipinski definition) is 3. The zero-order valence-corrected chi connectivity index (χ0v) is 18.6. The van der Waals surface area contributed by atoms with E-state index in [0.717, 1.165) is 35.8 Å². The van der Waals surface area contributed by atoms with E-state index in [9.17, 15) is 0 Å². The van der Waals surface area contributed by atoms with Crippen LogP contribution in [0.1, 0.15) is 28.4 Å². The van der Waals surface area contributed by atoms with Gasteiger partial charge in [0.05, 0.1) is 14.2 Å². The highest BCUT2D eigenvalue weighted by atomic mass is 32.1. The van der Waals surface area contributed by atoms with Crippen LogP contribution in [-0.2, 0) is 6.54 Å². The summed E-state index contributed by atoms with van der Waals surface area (Å²) in [6.45, 7) is 5.90. The number of ether oxygens (including phenoxy) is 2. The Hall–Kier alpha value is -2.99. The van der Waals surface area contributed by atoms with Gasteiger partial charge in [-0.25, -0.2) is 0 Å². The molecule has 1 N–H and O–H groups in total. The molecule has 5 nitrogen and oxygen atoms in total. The number of aromatic nitrogens is 1. The predicted molar refractivity (Wildman–Crippen MR) is 125 cm³/mol. The Labute approximate surface area is 183 Å². The first-order valence-electron chi connectivity index (χ1n) is 10.0. The van der Waals surface area contributed by atoms with E-state index in [0.29, 0.717) is 5.11 Å². The molecule has 1 aromatic heterocycles. The van der Waals surface area contributed by atoms with Crippen molar-refractivity contribution in [3.05, 3.63) is 77.1 Å². The highest BCUT2D eigenvalue weighted by Crippen LogP contribution is 2.39. The van der Waals surface area contributed by atoms with Crippen molar-refractivity contribution < 1.29 is 9.47 Å². The lowest BCUT2D eigenvalue weighted by atomic mass is 9.98. The van der Waals surface area contributed by atoms with Crippen molar-refractivity contribution in [3.63, 3.8) is 0 Å². The molecule has 0 fully saturated rings. The molecule has 0 saturated carbocycles. The minimum absolute atomic E-state index is 0.0797. The fraction of sp³-hybridized carbons (Fsp3) is 0.292. The standard InChI is InChI=1S/C24H27N3O2S/c1-16-7-5-8-20(17(16)2)25-24(30)27-14-13-26-12-6-9-21(26)23(27)19-15-18(28-3)10-11-22(19)29-4/h5-12,15,23H,13-14H2,1-4H3,(H,25,30)/t23-/m1/s1. The van der Waals surface area contributed by atoms with Crippen molar-refractivity contribution in [2.45, 2.75) is 26.4 Å². The molecule has 6 heteroatoms. The largest absolute Gasteiger partial charge is 0.497 e. The van der Waals surface area contributed by atoms with Crippen LogP contribution < -0.4 is 14.8 Å². The molecule has 1 aliphatic heterocycles. The molecule has 0 saturated heterocycles. The van der Waals surface area contributed by atoms with Gasteiger partial charge in [0.25, 0.3) is 0 Å². The fourth-order valence-corrected chi connectivity index (χ4v) is 4.36. The van der Waals surface area contributed by atoms with Crippen molar-refractivity contribution in [1.82, 2.24) is 9.47 Å². The number of rotatable bonds is 4. The Kier molecular flexibility index (Phi) is 5.68. The second kappa shape index (κ2) is 8.40. The summed E-state index contributed by atoms with van der Waals surface area (Å²) in [6, 6.07) is 16.3. The van der Waals surface area contributed by atoms with Crippen molar-refractivity contribution in [2.75, 3.05) is 26.1 Å². The SMILES string of the molecule is COc1ccc(OC)c([C@@H]2c3cccn3CCN2C(=S)Nc2cccc(C)c2C)c1. The second-order valence-electron chi connectivity index (χ2n) is 7.51. The molecule has 0 radical (unpaired) electrons. The molecule has 156 valence electrons. The summed E-state index contributed by atoms with van der Waals surface area (Å²) in [5.41, 5.74) is 5.69. The number of benzene rings is 2. The monoisotopic (exact) mass is 421 g/mol. The summed E-state index contributed by atoms with van der Waals surface area (Å²) in [5.74, 6) is 1.61. The van der Waals surface area contributed by atoms with E-state index in [1.165, 1.54) is 16.8 Å². The minimum Gasteiger partial charge on any atom is -0.497 e. The number of aryl methyl sites for hydroxylation is 1. The van der Waals surface area contributed by atoms with Gasteiger partial charge in [-0.1, -0.05) is 12.1 Å². The molecular formula is C24H27N3O2S. The molecule has 0 amide bonds. The number of anilines is 1. The van der Waals surface area contributed by atoms with Crippen LogP contribution in [-0.4, -0.2) is 35.3 Å². The number of hydrogen-bond donors (Lipinski definition) is 1. The quantitative estimate of drug-likeness (QED) is 0.605. The third-order valence-corrected chi connectivity index (χ3v) is 6.21. The first kappa shape index (κ1) is 20.3. The van der Waals surface area contributed by atoms with Crippen molar-refractivity contribution in [2.24, 2.45) is 0 Å². The van der Waals surface area contributed by atoms with E-state index < -0.39 is 0 Å². The maximum atomic E-state index is 5.91. The molecule has 1 aliphatic rings. The summed E-state index contributed by atoms with van der Waals surface area (Å²) >= 11 is 5.91. The molecule has 30 heavy (non-hydrogen) atoms. The second-order valence-corrected chi connectivity index (χ2v) is 7.89. The van der Waals surface area contributed by atoms with Gasteiger partial charge >= 0.3 is 0 Å². The molecule has 0 spiro atoms. The Morgan fingerprint density at radius 3 is 2.63 bits per heavy atom. The number of methoxy groups -OCH3 is 2. The van der Waals surface area contributed by atoms with Gasteiger partial charge in [0.15, 0.2) is 5.11 Å². The topological polar surface area (TPSA) is 38.7 Å². The smallest absolute Gasteiger partial charge is 0.174 e. The third-order valence-electron chi connectivity index (χ3n) is 5.88. The first-order chi connectivity index (χ1) is 14.5. The van der Waals surface area contributed by atoms with Crippen LogP contribution in [0, 0.1) is 13.8 Å². The van der Waals surface area contributed by atoms with Gasteiger partial charge in [0.2, 0.25) is 0 Å². The lowest BCUT2D eigenvalue weighted by molar-refractivity contribution is 0.284. The van der Waals surface area contributed by atoms with E-state index in [2.05, 4.69) is 65.2 Å². The highest BCUT2D eigenvalue weighted by molar-refractivity contribution is 7.80. The maximum absolute atomic E-state index is 5.91. The van der Waals surface area contributed by atoms with E-state index >= 15 is 0 Å². The number of thiocarbonyl (C=S) groups is 1. The lowest BCUT2D eigenvalue weighted by Crippen LogP contribution is -2.44. The molecule has 2 aromatic carbocycles. The van der Waals surface area contributed by atoms with E-state index in [1.807, 2.05) is 18.2 Å². The third kappa shape index (κ3) is 3.63. The fourth-order valence-electron chi connectivity index (χ4n) is 4.06. The Balaban J connectivity index is 1.76. The van der Waals surface area contributed by atoms with Gasteiger partial charge in [0, 0.05) is 36.2 Å². The summed E-state index contributed by atoms with van der Waals surface area (Å²) in [7, 11) is 3.38. The van der Waals surface area contributed by atoms with Crippen molar-refractivity contribution >= 4 is 23.0 Å². The van der Waals surface area contributed by atoms with Crippen LogP contribution >= 0.6 is 12.2 Å². The van der Waals surface area contributed by atoms with Crippen LogP contribution in [0.4, 0.5) is 5.69 Å². The highest BCUT2D eigenvalue weighted by Gasteiger charge is 2.33. The van der Waals surface area contributed by atoms with Crippen LogP contribution in [0.2, 0.25) is 0 Å². The van der Waals surface area contributed by atoms with Gasteiger partial charge in [-0.15, -0.1) is 0 Å². The number of fused-ring (bicyclic) bond motifs is 1. The molecule has 1 atom stereocenters. The van der Waals surface area contributed by atoms with Gasteiger partial charge in [0.1, 0.15) is 17.5 Å². The average Bonchev–Trinajstić information content (AvgIpc) is 3.24. The van der Waals surface area contributed by atoms with E-state index in [1.54, 1.807) is 14.2 Å². The summed E-state index contributed by atoms with van der Waals surface area (Å²) < 4.78 is 13.5.